The lowest BCUT2D eigenvalue weighted by atomic mass is 10.0. The Morgan fingerprint density at radius 2 is 1.79 bits per heavy atom. The third-order valence-electron chi connectivity index (χ3n) is 5.24. The van der Waals surface area contributed by atoms with E-state index in [1.54, 1.807) is 11.8 Å². The number of benzene rings is 1. The first-order valence-electron chi connectivity index (χ1n) is 10.4. The zero-order chi connectivity index (χ0) is 21.6. The van der Waals surface area contributed by atoms with Gasteiger partial charge in [-0.1, -0.05) is 17.7 Å². The molecule has 1 aliphatic heterocycles. The highest BCUT2D eigenvalue weighted by Crippen LogP contribution is 2.21. The van der Waals surface area contributed by atoms with Gasteiger partial charge in [-0.05, 0) is 58.1 Å². The van der Waals surface area contributed by atoms with Crippen LogP contribution in [-0.2, 0) is 19.1 Å². The van der Waals surface area contributed by atoms with E-state index in [0.29, 0.717) is 19.6 Å². The number of nitrogens with one attached hydrogen (secondary N) is 2. The lowest BCUT2D eigenvalue weighted by Gasteiger charge is -2.34. The van der Waals surface area contributed by atoms with Gasteiger partial charge in [0.2, 0.25) is 0 Å². The fraction of sp³-hybridized carbons (Fsp3) is 0.591. The van der Waals surface area contributed by atoms with Crippen LogP contribution in [0.4, 0.5) is 5.69 Å². The molecule has 2 N–H and O–H groups in total. The number of nitrogens with zero attached hydrogens (tertiary/aromatic N) is 1. The summed E-state index contributed by atoms with van der Waals surface area (Å²) in [5.74, 6) is -0.581. The second kappa shape index (κ2) is 10.4. The molecule has 1 heterocycles. The molecule has 1 unspecified atom stereocenters. The summed E-state index contributed by atoms with van der Waals surface area (Å²) in [5, 5.41) is 2.97. The van der Waals surface area contributed by atoms with Gasteiger partial charge in [-0.2, -0.15) is 0 Å². The quantitative estimate of drug-likeness (QED) is 0.665. The molecule has 0 aromatic heterocycles. The molecule has 1 aromatic rings. The molecule has 0 saturated carbocycles. The standard InChI is InChI=1S/C22H33N3O4/c1-6-29-22(28)18-9-7-8-10-25(18)20(27)14-24(5)13-19(26)23-21-16(3)11-15(2)12-17(21)4/h11-12,18H,6-10,13-14H2,1-5H3,(H,23,26)/p+1/t18-/m1/s1. The summed E-state index contributed by atoms with van der Waals surface area (Å²) in [6.45, 7) is 8.94. The predicted octanol–water partition coefficient (Wildman–Crippen LogP) is 1.01. The largest absolute Gasteiger partial charge is 0.464 e. The van der Waals surface area contributed by atoms with Crippen LogP contribution in [0.3, 0.4) is 0 Å². The van der Waals surface area contributed by atoms with E-state index in [2.05, 4.69) is 5.32 Å². The number of anilines is 1. The highest BCUT2D eigenvalue weighted by Gasteiger charge is 2.34. The van der Waals surface area contributed by atoms with Crippen LogP contribution in [0.15, 0.2) is 12.1 Å². The van der Waals surface area contributed by atoms with Crippen molar-refractivity contribution in [2.45, 2.75) is 53.0 Å². The van der Waals surface area contributed by atoms with E-state index in [0.717, 1.165) is 40.1 Å². The summed E-state index contributed by atoms with van der Waals surface area (Å²) >= 11 is 0. The minimum Gasteiger partial charge on any atom is -0.464 e. The fourth-order valence-electron chi connectivity index (χ4n) is 3.97. The summed E-state index contributed by atoms with van der Waals surface area (Å²) in [7, 11) is 1.82. The van der Waals surface area contributed by atoms with Crippen molar-refractivity contribution in [1.82, 2.24) is 4.90 Å². The van der Waals surface area contributed by atoms with Gasteiger partial charge in [-0.15, -0.1) is 0 Å². The number of carbonyl (C=O) groups excluding carboxylic acids is 3. The first kappa shape index (κ1) is 22.9. The number of aryl methyl sites for hydroxylation is 3. The maximum absolute atomic E-state index is 12.8. The Kier molecular flexibility index (Phi) is 8.20. The van der Waals surface area contributed by atoms with Crippen LogP contribution in [0, 0.1) is 20.8 Å². The van der Waals surface area contributed by atoms with Crippen molar-refractivity contribution in [2.75, 3.05) is 38.6 Å². The molecule has 0 spiro atoms. The number of esters is 1. The van der Waals surface area contributed by atoms with Gasteiger partial charge in [-0.3, -0.25) is 9.59 Å². The van der Waals surface area contributed by atoms with E-state index in [1.165, 1.54) is 0 Å². The second-order valence-corrected chi connectivity index (χ2v) is 7.98. The predicted molar refractivity (Wildman–Crippen MR) is 112 cm³/mol. The van der Waals surface area contributed by atoms with Crippen molar-refractivity contribution in [3.8, 4) is 0 Å². The number of likely N-dealkylation sites (N-methyl/N-ethyl adjacent to an activating group) is 1. The first-order chi connectivity index (χ1) is 13.7. The van der Waals surface area contributed by atoms with Gasteiger partial charge in [0.15, 0.2) is 13.1 Å². The maximum Gasteiger partial charge on any atom is 0.328 e. The van der Waals surface area contributed by atoms with Gasteiger partial charge in [0, 0.05) is 12.2 Å². The molecule has 1 saturated heterocycles. The van der Waals surface area contributed by atoms with Gasteiger partial charge in [0.05, 0.1) is 13.7 Å². The Hall–Kier alpha value is -2.41. The molecular formula is C22H34N3O4+. The van der Waals surface area contributed by atoms with Crippen molar-refractivity contribution in [1.29, 1.82) is 0 Å². The number of piperidine rings is 1. The van der Waals surface area contributed by atoms with Crippen LogP contribution < -0.4 is 10.2 Å². The number of ether oxygens (including phenoxy) is 1. The van der Waals surface area contributed by atoms with Crippen molar-refractivity contribution < 1.29 is 24.0 Å². The van der Waals surface area contributed by atoms with Crippen LogP contribution in [0.2, 0.25) is 0 Å². The van der Waals surface area contributed by atoms with Crippen LogP contribution in [0.5, 0.6) is 0 Å². The van der Waals surface area contributed by atoms with Crippen LogP contribution in [-0.4, -0.2) is 62.0 Å². The van der Waals surface area contributed by atoms with Crippen LogP contribution in [0.1, 0.15) is 42.9 Å². The number of hydrogen-bond donors (Lipinski definition) is 2. The molecule has 2 atom stereocenters. The second-order valence-electron chi connectivity index (χ2n) is 7.98. The number of amides is 2. The number of likely N-dealkylation sites (tertiary alicyclic amines) is 1. The first-order valence-corrected chi connectivity index (χ1v) is 10.4. The lowest BCUT2D eigenvalue weighted by Crippen LogP contribution is -3.11. The van der Waals surface area contributed by atoms with Gasteiger partial charge in [-0.25, -0.2) is 4.79 Å². The number of carbonyl (C=O) groups is 3. The topological polar surface area (TPSA) is 80.2 Å². The summed E-state index contributed by atoms with van der Waals surface area (Å²) in [4.78, 5) is 39.9. The molecular weight excluding hydrogens is 370 g/mol. The van der Waals surface area contributed by atoms with Gasteiger partial charge >= 0.3 is 5.97 Å². The molecule has 1 aromatic carbocycles. The van der Waals surface area contributed by atoms with E-state index >= 15 is 0 Å². The van der Waals surface area contributed by atoms with Gasteiger partial charge in [0.25, 0.3) is 11.8 Å². The average Bonchev–Trinajstić information content (AvgIpc) is 2.64. The third kappa shape index (κ3) is 6.29. The molecule has 7 heteroatoms. The molecule has 7 nitrogen and oxygen atoms in total. The SMILES string of the molecule is CCOC(=O)[C@H]1CCCCN1C(=O)C[NH+](C)CC(=O)Nc1c(C)cc(C)cc1C. The smallest absolute Gasteiger partial charge is 0.328 e. The summed E-state index contributed by atoms with van der Waals surface area (Å²) < 4.78 is 5.12. The molecule has 0 radical (unpaired) electrons. The fourth-order valence-corrected chi connectivity index (χ4v) is 3.97. The molecule has 29 heavy (non-hydrogen) atoms. The van der Waals surface area contributed by atoms with Crippen LogP contribution >= 0.6 is 0 Å². The Labute approximate surface area is 173 Å². The van der Waals surface area contributed by atoms with Gasteiger partial charge in [0.1, 0.15) is 6.04 Å². The monoisotopic (exact) mass is 404 g/mol. The molecule has 160 valence electrons. The lowest BCUT2D eigenvalue weighted by molar-refractivity contribution is -0.862. The Morgan fingerprint density at radius 3 is 2.41 bits per heavy atom. The van der Waals surface area contributed by atoms with Crippen molar-refractivity contribution in [2.24, 2.45) is 0 Å². The molecule has 1 aliphatic rings. The molecule has 0 bridgehead atoms. The van der Waals surface area contributed by atoms with E-state index in [-0.39, 0.29) is 30.9 Å². The maximum atomic E-state index is 12.8. The minimum atomic E-state index is -0.504. The normalized spacial score (nSPS) is 17.6. The third-order valence-corrected chi connectivity index (χ3v) is 5.24. The highest BCUT2D eigenvalue weighted by atomic mass is 16.5. The van der Waals surface area contributed by atoms with E-state index in [9.17, 15) is 14.4 Å². The highest BCUT2D eigenvalue weighted by molar-refractivity contribution is 5.93. The Bertz CT molecular complexity index is 739. The van der Waals surface area contributed by atoms with Gasteiger partial charge < -0.3 is 19.9 Å². The Morgan fingerprint density at radius 1 is 1.14 bits per heavy atom. The average molecular weight is 405 g/mol. The molecule has 2 rings (SSSR count). The summed E-state index contributed by atoms with van der Waals surface area (Å²) in [6.07, 6.45) is 2.43. The van der Waals surface area contributed by atoms with E-state index in [4.69, 9.17) is 4.74 Å². The zero-order valence-corrected chi connectivity index (χ0v) is 18.3. The molecule has 2 amide bonds. The summed E-state index contributed by atoms with van der Waals surface area (Å²) in [6, 6.07) is 3.57. The Balaban J connectivity index is 1.93. The zero-order valence-electron chi connectivity index (χ0n) is 18.3. The van der Waals surface area contributed by atoms with E-state index < -0.39 is 6.04 Å². The van der Waals surface area contributed by atoms with Crippen molar-refractivity contribution in [3.05, 3.63) is 28.8 Å². The number of hydrogen-bond acceptors (Lipinski definition) is 4. The number of rotatable bonds is 7. The molecule has 0 aliphatic carbocycles. The van der Waals surface area contributed by atoms with E-state index in [1.807, 2.05) is 40.0 Å². The van der Waals surface area contributed by atoms with Crippen LogP contribution in [0.25, 0.3) is 0 Å². The van der Waals surface area contributed by atoms with Crippen molar-refractivity contribution in [3.63, 3.8) is 0 Å². The number of quaternary nitrogens is 1. The molecule has 1 fully saturated rings. The summed E-state index contributed by atoms with van der Waals surface area (Å²) in [5.41, 5.74) is 4.03. The van der Waals surface area contributed by atoms with Crippen molar-refractivity contribution >= 4 is 23.5 Å². The minimum absolute atomic E-state index is 0.115.